The lowest BCUT2D eigenvalue weighted by Crippen LogP contribution is -2.41. The second-order valence-corrected chi connectivity index (χ2v) is 6.06. The Morgan fingerprint density at radius 2 is 1.58 bits per heavy atom. The largest absolute Gasteiger partial charge is 0.485 e. The van der Waals surface area contributed by atoms with Crippen molar-refractivity contribution in [2.24, 2.45) is 0 Å². The molecule has 0 atom stereocenters. The van der Waals surface area contributed by atoms with Gasteiger partial charge in [0.05, 0.1) is 17.5 Å². The monoisotopic (exact) mass is 455 g/mol. The molecule has 0 radical (unpaired) electrons. The Kier molecular flexibility index (Phi) is 6.81. The third-order valence-corrected chi connectivity index (χ3v) is 4.00. The summed E-state index contributed by atoms with van der Waals surface area (Å²) in [5, 5.41) is 0. The lowest BCUT2D eigenvalue weighted by Gasteiger charge is -2.19. The molecule has 0 spiro atoms. The van der Waals surface area contributed by atoms with Gasteiger partial charge in [0.15, 0.2) is 6.61 Å². The van der Waals surface area contributed by atoms with Gasteiger partial charge in [-0.1, -0.05) is 13.8 Å². The van der Waals surface area contributed by atoms with E-state index in [9.17, 15) is 35.1 Å². The number of aromatic nitrogens is 3. The van der Waals surface area contributed by atoms with E-state index >= 15 is 0 Å². The smallest absolute Gasteiger partial charge is 0.456 e. The summed E-state index contributed by atoms with van der Waals surface area (Å²) in [7, 11) is 0. The van der Waals surface area contributed by atoms with Gasteiger partial charge >= 0.3 is 18.3 Å². The van der Waals surface area contributed by atoms with Crippen LogP contribution in [0, 0.1) is 6.92 Å². The van der Waals surface area contributed by atoms with E-state index < -0.39 is 30.4 Å². The second-order valence-electron chi connectivity index (χ2n) is 6.06. The number of imidazole rings is 1. The Morgan fingerprint density at radius 3 is 2.10 bits per heavy atom. The fraction of sp³-hybridized carbons (Fsp3) is 0.368. The molecule has 4 nitrogen and oxygen atoms in total. The maximum atomic E-state index is 12.9. The van der Waals surface area contributed by atoms with Gasteiger partial charge < -0.3 is 9.14 Å². The summed E-state index contributed by atoms with van der Waals surface area (Å²) in [5.41, 5.74) is 0.0684. The Balaban J connectivity index is 0.00000166. The molecule has 3 heterocycles. The van der Waals surface area contributed by atoms with Gasteiger partial charge in [0.1, 0.15) is 17.1 Å². The fourth-order valence-electron chi connectivity index (χ4n) is 2.43. The molecule has 0 bridgehead atoms. The van der Waals surface area contributed by atoms with Gasteiger partial charge in [0, 0.05) is 11.9 Å². The van der Waals surface area contributed by atoms with Crippen LogP contribution in [0.25, 0.3) is 17.0 Å². The normalized spacial score (nSPS) is 12.5. The molecule has 0 aromatic carbocycles. The highest BCUT2D eigenvalue weighted by Gasteiger charge is 2.58. The van der Waals surface area contributed by atoms with Crippen LogP contribution < -0.4 is 4.74 Å². The Labute approximate surface area is 171 Å². The minimum Gasteiger partial charge on any atom is -0.485 e. The zero-order valence-electron chi connectivity index (χ0n) is 16.4. The standard InChI is InChI=1S/C17H11F8N3O.C2H6/c1-9-14(27-13-5-2-10(7-28(9)13)16(20,21)22)12-4-3-11(6-26-12)29-8-15(18,19)17(23,24)25;1-2/h2-7H,8H2,1H3;1-2H3. The first kappa shape index (κ1) is 24.4. The van der Waals surface area contributed by atoms with E-state index in [0.717, 1.165) is 24.5 Å². The lowest BCUT2D eigenvalue weighted by molar-refractivity contribution is -0.290. The van der Waals surface area contributed by atoms with E-state index in [1.807, 2.05) is 13.8 Å². The summed E-state index contributed by atoms with van der Waals surface area (Å²) >= 11 is 0. The quantitative estimate of drug-likeness (QED) is 0.432. The predicted molar refractivity (Wildman–Crippen MR) is 96.0 cm³/mol. The summed E-state index contributed by atoms with van der Waals surface area (Å²) < 4.78 is 106. The predicted octanol–water partition coefficient (Wildman–Crippen LogP) is 6.33. The van der Waals surface area contributed by atoms with Crippen LogP contribution in [0.1, 0.15) is 25.1 Å². The Hall–Kier alpha value is -2.92. The third kappa shape index (κ3) is 5.23. The van der Waals surface area contributed by atoms with Crippen LogP contribution in [-0.4, -0.2) is 33.1 Å². The Bertz CT molecular complexity index is 1020. The molecule has 0 saturated heterocycles. The molecule has 0 unspecified atom stereocenters. The maximum Gasteiger partial charge on any atom is 0.456 e. The number of nitrogens with zero attached hydrogens (tertiary/aromatic N) is 3. The molecule has 0 N–H and O–H groups in total. The number of rotatable bonds is 4. The highest BCUT2D eigenvalue weighted by atomic mass is 19.4. The number of hydrogen-bond acceptors (Lipinski definition) is 3. The van der Waals surface area contributed by atoms with Gasteiger partial charge in [0.2, 0.25) is 0 Å². The molecule has 3 aromatic heterocycles. The van der Waals surface area contributed by atoms with Gasteiger partial charge in [-0.05, 0) is 31.2 Å². The molecule has 31 heavy (non-hydrogen) atoms. The van der Waals surface area contributed by atoms with Crippen molar-refractivity contribution in [3.8, 4) is 17.1 Å². The number of halogens is 8. The van der Waals surface area contributed by atoms with E-state index in [0.29, 0.717) is 5.69 Å². The van der Waals surface area contributed by atoms with Crippen molar-refractivity contribution in [1.82, 2.24) is 14.4 Å². The third-order valence-electron chi connectivity index (χ3n) is 4.00. The molecule has 12 heteroatoms. The summed E-state index contributed by atoms with van der Waals surface area (Å²) in [6.45, 7) is 3.59. The SMILES string of the molecule is CC.Cc1c(-c2ccc(OCC(F)(F)C(F)(F)F)cn2)nc2ccc(C(F)(F)F)cn12. The minimum absolute atomic E-state index is 0.176. The van der Waals surface area contributed by atoms with Crippen LogP contribution in [0.15, 0.2) is 36.7 Å². The van der Waals surface area contributed by atoms with Crippen LogP contribution in [0.4, 0.5) is 35.1 Å². The van der Waals surface area contributed by atoms with Crippen molar-refractivity contribution < 1.29 is 39.9 Å². The summed E-state index contributed by atoms with van der Waals surface area (Å²) in [6.07, 6.45) is -8.49. The topological polar surface area (TPSA) is 39.4 Å². The molecule has 0 fully saturated rings. The summed E-state index contributed by atoms with van der Waals surface area (Å²) in [4.78, 5) is 8.07. The summed E-state index contributed by atoms with van der Waals surface area (Å²) in [5.74, 6) is -5.36. The van der Waals surface area contributed by atoms with E-state index in [1.165, 1.54) is 23.5 Å². The van der Waals surface area contributed by atoms with Gasteiger partial charge in [-0.15, -0.1) is 0 Å². The van der Waals surface area contributed by atoms with E-state index in [-0.39, 0.29) is 22.8 Å². The number of hydrogen-bond donors (Lipinski definition) is 0. The van der Waals surface area contributed by atoms with Gasteiger partial charge in [-0.3, -0.25) is 4.98 Å². The minimum atomic E-state index is -5.75. The molecular weight excluding hydrogens is 438 g/mol. The molecule has 0 aliphatic carbocycles. The number of ether oxygens (including phenoxy) is 1. The molecule has 3 aromatic rings. The number of pyridine rings is 2. The van der Waals surface area contributed by atoms with Crippen molar-refractivity contribution in [2.75, 3.05) is 6.61 Å². The van der Waals surface area contributed by atoms with Crippen molar-refractivity contribution in [2.45, 2.75) is 39.0 Å². The average Bonchev–Trinajstić information content (AvgIpc) is 3.03. The zero-order chi connectivity index (χ0) is 23.6. The fourth-order valence-corrected chi connectivity index (χ4v) is 2.43. The molecule has 0 amide bonds. The molecule has 3 rings (SSSR count). The molecular formula is C19H17F8N3O. The van der Waals surface area contributed by atoms with Crippen LogP contribution in [0.2, 0.25) is 0 Å². The highest BCUT2D eigenvalue weighted by Crippen LogP contribution is 2.36. The first-order chi connectivity index (χ1) is 14.3. The van der Waals surface area contributed by atoms with Crippen molar-refractivity contribution in [3.05, 3.63) is 47.9 Å². The van der Waals surface area contributed by atoms with Crippen molar-refractivity contribution >= 4 is 5.65 Å². The highest BCUT2D eigenvalue weighted by molar-refractivity contribution is 5.63. The molecule has 0 aliphatic heterocycles. The lowest BCUT2D eigenvalue weighted by atomic mass is 10.2. The maximum absolute atomic E-state index is 12.9. The number of alkyl halides is 8. The van der Waals surface area contributed by atoms with E-state index in [4.69, 9.17) is 0 Å². The van der Waals surface area contributed by atoms with Crippen LogP contribution in [0.3, 0.4) is 0 Å². The van der Waals surface area contributed by atoms with Crippen molar-refractivity contribution in [3.63, 3.8) is 0 Å². The second kappa shape index (κ2) is 8.67. The summed E-state index contributed by atoms with van der Waals surface area (Å²) in [6, 6.07) is 4.41. The van der Waals surface area contributed by atoms with Crippen LogP contribution >= 0.6 is 0 Å². The van der Waals surface area contributed by atoms with Crippen molar-refractivity contribution in [1.29, 1.82) is 0 Å². The Morgan fingerprint density at radius 1 is 0.935 bits per heavy atom. The average molecular weight is 455 g/mol. The van der Waals surface area contributed by atoms with E-state index in [1.54, 1.807) is 0 Å². The van der Waals surface area contributed by atoms with Gasteiger partial charge in [0.25, 0.3) is 0 Å². The molecule has 0 saturated carbocycles. The van der Waals surface area contributed by atoms with Crippen LogP contribution in [0.5, 0.6) is 5.75 Å². The van der Waals surface area contributed by atoms with Crippen LogP contribution in [-0.2, 0) is 6.18 Å². The van der Waals surface area contributed by atoms with Gasteiger partial charge in [-0.25, -0.2) is 4.98 Å². The zero-order valence-corrected chi connectivity index (χ0v) is 16.4. The number of aryl methyl sites for hydroxylation is 1. The van der Waals surface area contributed by atoms with Gasteiger partial charge in [-0.2, -0.15) is 35.1 Å². The number of fused-ring (bicyclic) bond motifs is 1. The first-order valence-electron chi connectivity index (χ1n) is 8.89. The first-order valence-corrected chi connectivity index (χ1v) is 8.89. The molecule has 170 valence electrons. The van der Waals surface area contributed by atoms with E-state index in [2.05, 4.69) is 14.7 Å². The molecule has 0 aliphatic rings.